The van der Waals surface area contributed by atoms with Gasteiger partial charge in [0.05, 0.1) is 12.2 Å². The maximum atomic E-state index is 15.9. The van der Waals surface area contributed by atoms with Crippen LogP contribution in [0.4, 0.5) is 4.39 Å². The molecule has 1 saturated heterocycles. The summed E-state index contributed by atoms with van der Waals surface area (Å²) in [4.78, 5) is 39.6. The molecule has 0 radical (unpaired) electrons. The highest BCUT2D eigenvalue weighted by Gasteiger charge is 2.52. The Morgan fingerprint density at radius 2 is 1.70 bits per heavy atom. The van der Waals surface area contributed by atoms with Crippen LogP contribution in [0.15, 0.2) is 11.6 Å². The van der Waals surface area contributed by atoms with E-state index in [0.717, 1.165) is 13.3 Å². The van der Waals surface area contributed by atoms with Crippen LogP contribution in [0.1, 0.15) is 88.5 Å². The highest BCUT2D eigenvalue weighted by atomic mass is 19.1. The zero-order valence-corrected chi connectivity index (χ0v) is 24.2. The Morgan fingerprint density at radius 3 is 2.27 bits per heavy atom. The average Bonchev–Trinajstić information content (AvgIpc) is 2.80. The monoisotopic (exact) mass is 526 g/mol. The second kappa shape index (κ2) is 12.0. The standard InChI is InChI=1S/C29H47FO7/c1-11-22-21(31)13-16(3)23(32)17(4)14-28(8,9)25(20(7)24(33)29(10,30)27(34)36-22)37-26-19(6)15(2)12-18(5)35-26/h13,15,17-22,25-26,31H,11-12,14H2,1-10H3/b16-13+/t15-,17+,18+,19+,20-,21-,22+,25+,26?,29-/m0/s1. The molecule has 37 heavy (non-hydrogen) atoms. The van der Waals surface area contributed by atoms with E-state index in [1.807, 2.05) is 27.7 Å². The molecule has 10 atom stereocenters. The molecule has 212 valence electrons. The van der Waals surface area contributed by atoms with Crippen molar-refractivity contribution in [2.24, 2.45) is 29.1 Å². The maximum Gasteiger partial charge on any atom is 0.351 e. The van der Waals surface area contributed by atoms with E-state index in [2.05, 4.69) is 6.92 Å². The molecule has 1 N–H and O–H groups in total. The zero-order valence-electron chi connectivity index (χ0n) is 24.2. The van der Waals surface area contributed by atoms with Crippen molar-refractivity contribution in [3.63, 3.8) is 0 Å². The minimum Gasteiger partial charge on any atom is -0.457 e. The number of ketones is 2. The van der Waals surface area contributed by atoms with Gasteiger partial charge < -0.3 is 19.3 Å². The van der Waals surface area contributed by atoms with Gasteiger partial charge in [0.15, 0.2) is 17.9 Å². The Morgan fingerprint density at radius 1 is 1.11 bits per heavy atom. The molecule has 8 heteroatoms. The fourth-order valence-corrected chi connectivity index (χ4v) is 5.83. The number of esters is 1. The molecule has 0 spiro atoms. The molecule has 1 unspecified atom stereocenters. The van der Waals surface area contributed by atoms with E-state index >= 15 is 4.39 Å². The largest absolute Gasteiger partial charge is 0.457 e. The lowest BCUT2D eigenvalue weighted by Gasteiger charge is -2.45. The summed E-state index contributed by atoms with van der Waals surface area (Å²) in [6.45, 7) is 17.4. The van der Waals surface area contributed by atoms with Gasteiger partial charge >= 0.3 is 5.97 Å². The molecule has 7 nitrogen and oxygen atoms in total. The summed E-state index contributed by atoms with van der Waals surface area (Å²) < 4.78 is 33.8. The Bertz CT molecular complexity index is 879. The minimum atomic E-state index is -2.95. The third-order valence-corrected chi connectivity index (χ3v) is 8.29. The summed E-state index contributed by atoms with van der Waals surface area (Å²) in [6.07, 6.45) is -1.20. The number of Topliss-reactive ketones (excluding diaryl/α,β-unsaturated/α-hetero) is 2. The van der Waals surface area contributed by atoms with Crippen LogP contribution in [0.5, 0.6) is 0 Å². The van der Waals surface area contributed by atoms with E-state index in [1.165, 1.54) is 6.08 Å². The molecule has 0 aliphatic carbocycles. The van der Waals surface area contributed by atoms with Crippen molar-refractivity contribution in [1.29, 1.82) is 0 Å². The topological polar surface area (TPSA) is 99.1 Å². The van der Waals surface area contributed by atoms with Gasteiger partial charge in [0.2, 0.25) is 0 Å². The smallest absolute Gasteiger partial charge is 0.351 e. The molecule has 0 aromatic rings. The van der Waals surface area contributed by atoms with Gasteiger partial charge in [-0.3, -0.25) is 9.59 Å². The van der Waals surface area contributed by atoms with E-state index in [9.17, 15) is 19.5 Å². The molecule has 2 rings (SSSR count). The first kappa shape index (κ1) is 31.6. The fourth-order valence-electron chi connectivity index (χ4n) is 5.83. The van der Waals surface area contributed by atoms with Crippen LogP contribution in [-0.4, -0.2) is 59.0 Å². The molecule has 1 fully saturated rings. The lowest BCUT2D eigenvalue weighted by molar-refractivity contribution is -0.267. The Balaban J connectivity index is 2.58. The van der Waals surface area contributed by atoms with Crippen LogP contribution in [0.25, 0.3) is 0 Å². The van der Waals surface area contributed by atoms with Crippen molar-refractivity contribution in [3.8, 4) is 0 Å². The second-order valence-electron chi connectivity index (χ2n) is 12.3. The van der Waals surface area contributed by atoms with E-state index in [1.54, 1.807) is 27.7 Å². The van der Waals surface area contributed by atoms with Gasteiger partial charge in [0, 0.05) is 17.8 Å². The number of alkyl halides is 1. The molecular formula is C29H47FO7. The molecule has 2 aliphatic rings. The van der Waals surface area contributed by atoms with Gasteiger partial charge in [-0.15, -0.1) is 0 Å². The van der Waals surface area contributed by atoms with Crippen molar-refractivity contribution in [2.75, 3.05) is 0 Å². The number of cyclic esters (lactones) is 1. The first-order valence-corrected chi connectivity index (χ1v) is 13.6. The van der Waals surface area contributed by atoms with Gasteiger partial charge in [-0.05, 0) is 63.0 Å². The van der Waals surface area contributed by atoms with Crippen LogP contribution in [0.2, 0.25) is 0 Å². The molecule has 0 saturated carbocycles. The summed E-state index contributed by atoms with van der Waals surface area (Å²) in [5.74, 6) is -3.66. The number of allylic oxidation sites excluding steroid dienone is 1. The SMILES string of the molecule is CC[C@H]1OC(=O)[C@@](C)(F)C(=O)[C@H](C)[C@@H](OC2O[C@H](C)C[C@H](C)[C@H]2C)C(C)(C)C[C@@H](C)C(=O)/C(C)=C/[C@@H]1O. The summed E-state index contributed by atoms with van der Waals surface area (Å²) in [7, 11) is 0. The third-order valence-electron chi connectivity index (χ3n) is 8.29. The average molecular weight is 527 g/mol. The van der Waals surface area contributed by atoms with Crippen molar-refractivity contribution >= 4 is 17.5 Å². The number of aliphatic hydroxyl groups is 1. The van der Waals surface area contributed by atoms with E-state index < -0.39 is 59.3 Å². The first-order chi connectivity index (χ1) is 16.9. The molecule has 0 aromatic carbocycles. The van der Waals surface area contributed by atoms with Crippen molar-refractivity contribution in [2.45, 2.75) is 125 Å². The number of carbonyl (C=O) groups is 3. The summed E-state index contributed by atoms with van der Waals surface area (Å²) in [5.41, 5.74) is -3.39. The van der Waals surface area contributed by atoms with Crippen LogP contribution in [0, 0.1) is 29.1 Å². The lowest BCUT2D eigenvalue weighted by Crippen LogP contribution is -2.53. The molecular weight excluding hydrogens is 479 g/mol. The quantitative estimate of drug-likeness (QED) is 0.409. The Kier molecular flexibility index (Phi) is 10.3. The van der Waals surface area contributed by atoms with Crippen LogP contribution in [-0.2, 0) is 28.6 Å². The van der Waals surface area contributed by atoms with Gasteiger partial charge in [0.25, 0.3) is 5.67 Å². The summed E-state index contributed by atoms with van der Waals surface area (Å²) in [6, 6.07) is 0. The maximum absolute atomic E-state index is 15.9. The zero-order chi connectivity index (χ0) is 28.5. The predicted molar refractivity (Wildman–Crippen MR) is 138 cm³/mol. The van der Waals surface area contributed by atoms with Crippen molar-refractivity contribution in [1.82, 2.24) is 0 Å². The number of halogens is 1. The van der Waals surface area contributed by atoms with Gasteiger partial charge in [-0.1, -0.05) is 48.5 Å². The van der Waals surface area contributed by atoms with E-state index in [0.29, 0.717) is 17.9 Å². The first-order valence-electron chi connectivity index (χ1n) is 13.6. The van der Waals surface area contributed by atoms with E-state index in [-0.39, 0.29) is 24.2 Å². The predicted octanol–water partition coefficient (Wildman–Crippen LogP) is 4.98. The molecule has 0 aromatic heterocycles. The van der Waals surface area contributed by atoms with Crippen molar-refractivity contribution < 1.29 is 38.1 Å². The highest BCUT2D eigenvalue weighted by molar-refractivity contribution is 6.07. The summed E-state index contributed by atoms with van der Waals surface area (Å²) in [5, 5.41) is 10.6. The molecule has 2 aliphatic heterocycles. The molecule has 0 amide bonds. The number of hydrogen-bond donors (Lipinski definition) is 1. The molecule has 0 bridgehead atoms. The minimum absolute atomic E-state index is 0.0279. The number of carbonyl (C=O) groups excluding carboxylic acids is 3. The lowest BCUT2D eigenvalue weighted by atomic mass is 9.70. The molecule has 2 heterocycles. The normalized spacial score (nSPS) is 43.9. The van der Waals surface area contributed by atoms with Crippen LogP contribution >= 0.6 is 0 Å². The third kappa shape index (κ3) is 7.07. The van der Waals surface area contributed by atoms with Gasteiger partial charge in [-0.2, -0.15) is 0 Å². The number of hydrogen-bond acceptors (Lipinski definition) is 7. The number of rotatable bonds is 3. The Labute approximate surface area is 221 Å². The second-order valence-corrected chi connectivity index (χ2v) is 12.3. The van der Waals surface area contributed by atoms with E-state index in [4.69, 9.17) is 14.2 Å². The van der Waals surface area contributed by atoms with Crippen LogP contribution < -0.4 is 0 Å². The number of aliphatic hydroxyl groups excluding tert-OH is 1. The fraction of sp³-hybridized carbons (Fsp3) is 0.828. The highest BCUT2D eigenvalue weighted by Crippen LogP contribution is 2.41. The van der Waals surface area contributed by atoms with Gasteiger partial charge in [0.1, 0.15) is 12.2 Å². The number of ether oxygens (including phenoxy) is 3. The van der Waals surface area contributed by atoms with Crippen LogP contribution in [0.3, 0.4) is 0 Å². The van der Waals surface area contributed by atoms with Gasteiger partial charge in [-0.25, -0.2) is 9.18 Å². The van der Waals surface area contributed by atoms with Crippen molar-refractivity contribution in [3.05, 3.63) is 11.6 Å². The Hall–Kier alpha value is -1.64. The summed E-state index contributed by atoms with van der Waals surface area (Å²) >= 11 is 0.